The maximum atomic E-state index is 11.3. The largest absolute Gasteiger partial charge is 0.497 e. The summed E-state index contributed by atoms with van der Waals surface area (Å²) in [5.41, 5.74) is 1.28. The van der Waals surface area contributed by atoms with Crippen molar-refractivity contribution in [2.24, 2.45) is 5.92 Å². The molecule has 116 valence electrons. The van der Waals surface area contributed by atoms with Crippen LogP contribution < -0.4 is 4.74 Å². The maximum absolute atomic E-state index is 11.3. The van der Waals surface area contributed by atoms with Gasteiger partial charge in [-0.3, -0.25) is 0 Å². The van der Waals surface area contributed by atoms with Gasteiger partial charge in [-0.2, -0.15) is 0 Å². The molecule has 3 nitrogen and oxygen atoms in total. The second kappa shape index (κ2) is 9.22. The average molecular weight is 290 g/mol. The standard InChI is InChI=1S/C18H26O3/c1-5-8-17(14(6-2)13-21-18(19)7-3)15-9-11-16(20-4)12-10-15/h7,9-12,14,17H,3,5-6,8,13H2,1-2,4H3. The summed E-state index contributed by atoms with van der Waals surface area (Å²) in [6.07, 6.45) is 4.37. The van der Waals surface area contributed by atoms with Crippen molar-refractivity contribution in [2.45, 2.75) is 39.0 Å². The second-order valence-electron chi connectivity index (χ2n) is 5.17. The van der Waals surface area contributed by atoms with Crippen LogP contribution in [0.2, 0.25) is 0 Å². The summed E-state index contributed by atoms with van der Waals surface area (Å²) in [6, 6.07) is 8.19. The van der Waals surface area contributed by atoms with E-state index in [9.17, 15) is 4.79 Å². The predicted octanol–water partition coefficient (Wildman–Crippen LogP) is 4.33. The van der Waals surface area contributed by atoms with E-state index < -0.39 is 0 Å². The Morgan fingerprint density at radius 1 is 1.29 bits per heavy atom. The summed E-state index contributed by atoms with van der Waals surface area (Å²) in [5, 5.41) is 0. The van der Waals surface area contributed by atoms with Crippen LogP contribution in [0.5, 0.6) is 5.75 Å². The number of hydrogen-bond acceptors (Lipinski definition) is 3. The molecule has 1 aromatic rings. The van der Waals surface area contributed by atoms with E-state index >= 15 is 0 Å². The number of ether oxygens (including phenoxy) is 2. The van der Waals surface area contributed by atoms with E-state index in [1.54, 1.807) is 7.11 Å². The van der Waals surface area contributed by atoms with Crippen LogP contribution in [0.3, 0.4) is 0 Å². The van der Waals surface area contributed by atoms with Crippen LogP contribution in [0.4, 0.5) is 0 Å². The molecule has 2 atom stereocenters. The fraction of sp³-hybridized carbons (Fsp3) is 0.500. The number of benzene rings is 1. The molecule has 1 rings (SSSR count). The molecule has 0 heterocycles. The van der Waals surface area contributed by atoms with E-state index in [2.05, 4.69) is 32.6 Å². The molecule has 0 aromatic heterocycles. The van der Waals surface area contributed by atoms with Crippen molar-refractivity contribution in [2.75, 3.05) is 13.7 Å². The molecular formula is C18H26O3. The lowest BCUT2D eigenvalue weighted by Gasteiger charge is -2.26. The van der Waals surface area contributed by atoms with E-state index in [0.29, 0.717) is 18.4 Å². The predicted molar refractivity (Wildman–Crippen MR) is 85.6 cm³/mol. The summed E-state index contributed by atoms with van der Waals surface area (Å²) in [6.45, 7) is 8.19. The summed E-state index contributed by atoms with van der Waals surface area (Å²) < 4.78 is 10.5. The lowest BCUT2D eigenvalue weighted by molar-refractivity contribution is -0.139. The third kappa shape index (κ3) is 5.25. The van der Waals surface area contributed by atoms with Crippen molar-refractivity contribution in [3.63, 3.8) is 0 Å². The molecule has 0 spiro atoms. The van der Waals surface area contributed by atoms with Crippen LogP contribution in [0, 0.1) is 5.92 Å². The molecule has 0 saturated heterocycles. The highest BCUT2D eigenvalue weighted by Crippen LogP contribution is 2.32. The summed E-state index contributed by atoms with van der Waals surface area (Å²) in [4.78, 5) is 11.3. The Labute approximate surface area is 128 Å². The Balaban J connectivity index is 2.84. The third-order valence-corrected chi connectivity index (χ3v) is 3.84. The second-order valence-corrected chi connectivity index (χ2v) is 5.17. The van der Waals surface area contributed by atoms with Crippen LogP contribution in [-0.4, -0.2) is 19.7 Å². The van der Waals surface area contributed by atoms with Crippen molar-refractivity contribution < 1.29 is 14.3 Å². The number of rotatable bonds is 9. The lowest BCUT2D eigenvalue weighted by atomic mass is 9.82. The van der Waals surface area contributed by atoms with Gasteiger partial charge in [-0.25, -0.2) is 4.79 Å². The molecule has 0 N–H and O–H groups in total. The lowest BCUT2D eigenvalue weighted by Crippen LogP contribution is -2.20. The zero-order valence-corrected chi connectivity index (χ0v) is 13.3. The first-order chi connectivity index (χ1) is 10.2. The number of methoxy groups -OCH3 is 1. The normalized spacial score (nSPS) is 13.3. The summed E-state index contributed by atoms with van der Waals surface area (Å²) >= 11 is 0. The Bertz CT molecular complexity index is 436. The first kappa shape index (κ1) is 17.3. The molecule has 0 saturated carbocycles. The van der Waals surface area contributed by atoms with Gasteiger partial charge in [0.25, 0.3) is 0 Å². The van der Waals surface area contributed by atoms with Crippen LogP contribution in [0.25, 0.3) is 0 Å². The molecular weight excluding hydrogens is 264 g/mol. The number of esters is 1. The fourth-order valence-electron chi connectivity index (χ4n) is 2.60. The monoisotopic (exact) mass is 290 g/mol. The van der Waals surface area contributed by atoms with Crippen LogP contribution in [-0.2, 0) is 9.53 Å². The Morgan fingerprint density at radius 2 is 1.95 bits per heavy atom. The Morgan fingerprint density at radius 3 is 2.43 bits per heavy atom. The molecule has 0 fully saturated rings. The van der Waals surface area contributed by atoms with Gasteiger partial charge in [0.05, 0.1) is 13.7 Å². The molecule has 2 unspecified atom stereocenters. The molecule has 0 radical (unpaired) electrons. The van der Waals surface area contributed by atoms with Gasteiger partial charge in [0, 0.05) is 6.08 Å². The molecule has 0 aliphatic heterocycles. The van der Waals surface area contributed by atoms with E-state index in [1.807, 2.05) is 12.1 Å². The van der Waals surface area contributed by atoms with E-state index in [1.165, 1.54) is 11.6 Å². The van der Waals surface area contributed by atoms with Gasteiger partial charge in [0.15, 0.2) is 0 Å². The third-order valence-electron chi connectivity index (χ3n) is 3.84. The average Bonchev–Trinajstić information content (AvgIpc) is 2.54. The minimum atomic E-state index is -0.349. The Hall–Kier alpha value is -1.77. The highest BCUT2D eigenvalue weighted by atomic mass is 16.5. The Kier molecular flexibility index (Phi) is 7.59. The molecule has 0 aliphatic carbocycles. The number of carbonyl (C=O) groups is 1. The fourth-order valence-corrected chi connectivity index (χ4v) is 2.60. The van der Waals surface area contributed by atoms with Crippen molar-refractivity contribution in [3.05, 3.63) is 42.5 Å². The summed E-state index contributed by atoms with van der Waals surface area (Å²) in [7, 11) is 1.67. The van der Waals surface area contributed by atoms with E-state index in [-0.39, 0.29) is 5.97 Å². The summed E-state index contributed by atoms with van der Waals surface area (Å²) in [5.74, 6) is 1.23. The van der Waals surface area contributed by atoms with E-state index in [4.69, 9.17) is 9.47 Å². The molecule has 21 heavy (non-hydrogen) atoms. The number of carbonyl (C=O) groups excluding carboxylic acids is 1. The smallest absolute Gasteiger partial charge is 0.330 e. The van der Waals surface area contributed by atoms with Crippen LogP contribution in [0.1, 0.15) is 44.6 Å². The first-order valence-corrected chi connectivity index (χ1v) is 7.59. The van der Waals surface area contributed by atoms with Crippen molar-refractivity contribution in [1.82, 2.24) is 0 Å². The highest BCUT2D eigenvalue weighted by molar-refractivity contribution is 5.81. The van der Waals surface area contributed by atoms with Crippen LogP contribution in [0.15, 0.2) is 36.9 Å². The van der Waals surface area contributed by atoms with Crippen molar-refractivity contribution in [1.29, 1.82) is 0 Å². The minimum absolute atomic E-state index is 0.322. The van der Waals surface area contributed by atoms with Gasteiger partial charge in [0.2, 0.25) is 0 Å². The maximum Gasteiger partial charge on any atom is 0.330 e. The van der Waals surface area contributed by atoms with E-state index in [0.717, 1.165) is 25.0 Å². The first-order valence-electron chi connectivity index (χ1n) is 7.59. The van der Waals surface area contributed by atoms with Crippen molar-refractivity contribution >= 4 is 5.97 Å². The molecule has 3 heteroatoms. The minimum Gasteiger partial charge on any atom is -0.497 e. The number of hydrogen-bond donors (Lipinski definition) is 0. The molecule has 0 bridgehead atoms. The zero-order valence-electron chi connectivity index (χ0n) is 13.3. The van der Waals surface area contributed by atoms with Crippen LogP contribution >= 0.6 is 0 Å². The topological polar surface area (TPSA) is 35.5 Å². The van der Waals surface area contributed by atoms with Gasteiger partial charge in [-0.15, -0.1) is 0 Å². The zero-order chi connectivity index (χ0) is 15.7. The SMILES string of the molecule is C=CC(=O)OCC(CC)C(CCC)c1ccc(OC)cc1. The van der Waals surface area contributed by atoms with Gasteiger partial charge in [-0.05, 0) is 42.4 Å². The molecule has 1 aromatic carbocycles. The highest BCUT2D eigenvalue weighted by Gasteiger charge is 2.22. The quantitative estimate of drug-likeness (QED) is 0.501. The van der Waals surface area contributed by atoms with Gasteiger partial charge >= 0.3 is 5.97 Å². The van der Waals surface area contributed by atoms with Gasteiger partial charge < -0.3 is 9.47 Å². The molecule has 0 aliphatic rings. The molecule has 0 amide bonds. The van der Waals surface area contributed by atoms with Gasteiger partial charge in [0.1, 0.15) is 5.75 Å². The van der Waals surface area contributed by atoms with Crippen molar-refractivity contribution in [3.8, 4) is 5.75 Å². The van der Waals surface area contributed by atoms with Gasteiger partial charge in [-0.1, -0.05) is 39.0 Å².